The lowest BCUT2D eigenvalue weighted by molar-refractivity contribution is -0.0193. The summed E-state index contributed by atoms with van der Waals surface area (Å²) in [6, 6.07) is 9.98. The average Bonchev–Trinajstić information content (AvgIpc) is 2.37. The van der Waals surface area contributed by atoms with Gasteiger partial charge in [-0.3, -0.25) is 0 Å². The van der Waals surface area contributed by atoms with E-state index in [9.17, 15) is 5.11 Å². The van der Waals surface area contributed by atoms with Crippen molar-refractivity contribution < 1.29 is 6.48 Å². The van der Waals surface area contributed by atoms with Crippen LogP contribution in [0.1, 0.15) is 27.7 Å². The number of benzene rings is 1. The molecule has 1 fully saturated rings. The van der Waals surface area contributed by atoms with Crippen molar-refractivity contribution in [3.63, 3.8) is 0 Å². The van der Waals surface area contributed by atoms with E-state index in [0.29, 0.717) is 0 Å². The van der Waals surface area contributed by atoms with Crippen molar-refractivity contribution in [2.24, 2.45) is 5.41 Å². The molecular weight excluding hydrogens is 242 g/mol. The Morgan fingerprint density at radius 2 is 2.06 bits per heavy atom. The second kappa shape index (κ2) is 4.98. The molecule has 1 aliphatic heterocycles. The Morgan fingerprint density at radius 1 is 1.44 bits per heavy atom. The minimum Gasteiger partial charge on any atom is -0.389 e. The summed E-state index contributed by atoms with van der Waals surface area (Å²) in [4.78, 5) is 2.64. The molecule has 3 heteroatoms. The summed E-state index contributed by atoms with van der Waals surface area (Å²) >= 11 is 5.48. The first-order valence-corrected chi connectivity index (χ1v) is 6.70. The molecule has 3 atom stereocenters. The van der Waals surface area contributed by atoms with Gasteiger partial charge in [-0.15, -0.1) is 0 Å². The van der Waals surface area contributed by atoms with Crippen molar-refractivity contribution >= 4 is 17.2 Å². The highest BCUT2D eigenvalue weighted by Gasteiger charge is 2.41. The fourth-order valence-electron chi connectivity index (χ4n) is 2.12. The van der Waals surface area contributed by atoms with Crippen molar-refractivity contribution in [3.8, 4) is 0 Å². The molecule has 0 saturated carbocycles. The van der Waals surface area contributed by atoms with E-state index < -0.39 is 12.6 Å². The molecule has 1 aromatic rings. The fourth-order valence-corrected chi connectivity index (χ4v) is 2.31. The summed E-state index contributed by atoms with van der Waals surface area (Å²) in [5.74, 6) is 0. The third kappa shape index (κ3) is 2.73. The van der Waals surface area contributed by atoms with Crippen molar-refractivity contribution in [2.75, 3.05) is 6.52 Å². The van der Waals surface area contributed by atoms with Crippen LogP contribution in [-0.2, 0) is 6.42 Å². The van der Waals surface area contributed by atoms with Crippen LogP contribution in [0, 0.1) is 5.41 Å². The van der Waals surface area contributed by atoms with Gasteiger partial charge in [0.15, 0.2) is 0 Å². The van der Waals surface area contributed by atoms with Gasteiger partial charge >= 0.3 is 0 Å². The Kier molecular flexibility index (Phi) is 3.35. The van der Waals surface area contributed by atoms with E-state index in [1.165, 1.54) is 5.56 Å². The molecule has 2 nitrogen and oxygen atoms in total. The van der Waals surface area contributed by atoms with Gasteiger partial charge in [-0.1, -0.05) is 63.3 Å². The first-order valence-electron chi connectivity index (χ1n) is 6.87. The number of aliphatic hydroxyl groups excluding tert-OH is 1. The largest absolute Gasteiger partial charge is 0.389 e. The molecule has 98 valence electrons. The van der Waals surface area contributed by atoms with Gasteiger partial charge < -0.3 is 10.0 Å². The molecule has 0 radical (unpaired) electrons. The molecule has 2 rings (SSSR count). The van der Waals surface area contributed by atoms with Crippen LogP contribution in [0.15, 0.2) is 30.3 Å². The smallest absolute Gasteiger partial charge is 0.0921 e. The van der Waals surface area contributed by atoms with E-state index in [4.69, 9.17) is 13.6 Å². The maximum Gasteiger partial charge on any atom is 0.0921 e. The number of aliphatic hydroxyl groups is 1. The first kappa shape index (κ1) is 12.1. The van der Waals surface area contributed by atoms with Crippen molar-refractivity contribution in [3.05, 3.63) is 35.9 Å². The van der Waals surface area contributed by atoms with Gasteiger partial charge in [-0.2, -0.15) is 0 Å². The quantitative estimate of drug-likeness (QED) is 0.831. The van der Waals surface area contributed by atoms with Crippen LogP contribution < -0.4 is 0 Å². The topological polar surface area (TPSA) is 23.5 Å². The summed E-state index contributed by atoms with van der Waals surface area (Å²) in [7, 11) is 0. The first-order chi connectivity index (χ1) is 8.82. The van der Waals surface area contributed by atoms with Gasteiger partial charge in [-0.25, -0.2) is 0 Å². The van der Waals surface area contributed by atoms with Gasteiger partial charge in [0, 0.05) is 11.9 Å². The minimum atomic E-state index is -0.625. The van der Waals surface area contributed by atoms with E-state index in [-0.39, 0.29) is 11.5 Å². The molecule has 0 unspecified atom stereocenters. The Hall–Kier alpha value is -0.930. The highest BCUT2D eigenvalue weighted by Crippen LogP contribution is 2.29. The van der Waals surface area contributed by atoms with E-state index >= 15 is 0 Å². The fraction of sp³-hybridized carbons (Fsp3) is 0.533. The number of rotatable bonds is 2. The van der Waals surface area contributed by atoms with E-state index in [2.05, 4.69) is 0 Å². The standard InChI is InChI=1S/C15H21NOS/c1-15(2,3)14(18)16-10-13(17)12(16)9-11-7-5-4-6-8-11/h4-8,12-13,17H,9-10H2,1-3H3/t12-,13+/m0/s1/i10D/t10-,12+,13-/m1. The molecular formula is C15H21NOS. The molecule has 0 aliphatic carbocycles. The number of nitrogens with zero attached hydrogens (tertiary/aromatic N) is 1. The molecule has 1 N–H and O–H groups in total. The normalized spacial score (nSPS) is 28.6. The second-order valence-corrected chi connectivity index (χ2v) is 6.25. The van der Waals surface area contributed by atoms with Gasteiger partial charge in [0.1, 0.15) is 0 Å². The van der Waals surface area contributed by atoms with Crippen LogP contribution in [0.25, 0.3) is 0 Å². The van der Waals surface area contributed by atoms with Crippen LogP contribution in [-0.4, -0.2) is 33.7 Å². The lowest BCUT2D eigenvalue weighted by Crippen LogP contribution is -2.64. The molecule has 1 heterocycles. The molecule has 18 heavy (non-hydrogen) atoms. The van der Waals surface area contributed by atoms with E-state index in [1.807, 2.05) is 56.0 Å². The van der Waals surface area contributed by atoms with Gasteiger partial charge in [0.2, 0.25) is 0 Å². The number of hydrogen-bond acceptors (Lipinski definition) is 2. The summed E-state index contributed by atoms with van der Waals surface area (Å²) in [6.45, 7) is 5.52. The van der Waals surface area contributed by atoms with E-state index in [0.717, 1.165) is 11.4 Å². The molecule has 0 bridgehead atoms. The molecule has 0 spiro atoms. The lowest BCUT2D eigenvalue weighted by atomic mass is 9.87. The van der Waals surface area contributed by atoms with Crippen LogP contribution in [0.5, 0.6) is 0 Å². The lowest BCUT2D eigenvalue weighted by Gasteiger charge is -2.50. The Bertz CT molecular complexity index is 457. The Labute approximate surface area is 116 Å². The zero-order valence-electron chi connectivity index (χ0n) is 12.1. The van der Waals surface area contributed by atoms with Gasteiger partial charge in [-0.05, 0) is 12.0 Å². The van der Waals surface area contributed by atoms with Crippen LogP contribution in [0.2, 0.25) is 0 Å². The summed E-state index contributed by atoms with van der Waals surface area (Å²) in [5.41, 5.74) is 1.02. The highest BCUT2D eigenvalue weighted by molar-refractivity contribution is 7.80. The van der Waals surface area contributed by atoms with Crippen LogP contribution >= 0.6 is 12.2 Å². The van der Waals surface area contributed by atoms with Crippen LogP contribution in [0.3, 0.4) is 0 Å². The Balaban J connectivity index is 2.13. The number of thiocarbonyl (C=S) groups is 1. The number of hydrogen-bond donors (Lipinski definition) is 1. The van der Waals surface area contributed by atoms with Crippen molar-refractivity contribution in [1.82, 2.24) is 4.90 Å². The van der Waals surface area contributed by atoms with Crippen molar-refractivity contribution in [1.29, 1.82) is 0 Å². The maximum absolute atomic E-state index is 10.0. The van der Waals surface area contributed by atoms with Crippen LogP contribution in [0.4, 0.5) is 0 Å². The average molecular weight is 264 g/mol. The summed E-state index contributed by atoms with van der Waals surface area (Å²) in [6.07, 6.45) is 0.105. The maximum atomic E-state index is 10.0. The highest BCUT2D eigenvalue weighted by atomic mass is 32.1. The third-order valence-corrected chi connectivity index (χ3v) is 4.05. The second-order valence-electron chi connectivity index (χ2n) is 5.86. The summed E-state index contributed by atoms with van der Waals surface area (Å²) < 4.78 is 7.97. The van der Waals surface area contributed by atoms with E-state index in [1.54, 1.807) is 0 Å². The minimum absolute atomic E-state index is 0.0726. The molecule has 1 aromatic carbocycles. The van der Waals surface area contributed by atoms with Gasteiger partial charge in [0.25, 0.3) is 0 Å². The zero-order chi connectivity index (χ0) is 14.2. The predicted octanol–water partition coefficient (Wildman–Crippen LogP) is 2.65. The third-order valence-electron chi connectivity index (χ3n) is 3.23. The number of likely N-dealkylation sites (tertiary alicyclic amines) is 1. The van der Waals surface area contributed by atoms with Gasteiger partial charge in [0.05, 0.1) is 18.5 Å². The molecule has 0 amide bonds. The van der Waals surface area contributed by atoms with Crippen molar-refractivity contribution in [2.45, 2.75) is 39.3 Å². The predicted molar refractivity (Wildman–Crippen MR) is 78.7 cm³/mol. The molecule has 1 saturated heterocycles. The summed E-state index contributed by atoms with van der Waals surface area (Å²) in [5, 5.41) is 10.0. The monoisotopic (exact) mass is 264 g/mol. The Morgan fingerprint density at radius 3 is 2.61 bits per heavy atom. The molecule has 1 aliphatic rings. The number of β-amino-alcohol motifs (C(OH)–C–C–N with tert-alkyl or cyclic N) is 1. The SMILES string of the molecule is [2H][C@@H]1[C@@H](O)[C@H](Cc2ccccc2)N1C(=S)C(C)(C)C. The molecule has 0 aromatic heterocycles. The zero-order valence-corrected chi connectivity index (χ0v) is 11.9.